The van der Waals surface area contributed by atoms with Crippen molar-refractivity contribution in [1.29, 1.82) is 0 Å². The summed E-state index contributed by atoms with van der Waals surface area (Å²) in [6.45, 7) is 1.74. The Kier molecular flexibility index (Phi) is 5.43. The lowest BCUT2D eigenvalue weighted by atomic mass is 10.2. The molecule has 0 spiro atoms. The third-order valence-electron chi connectivity index (χ3n) is 3.49. The van der Waals surface area contributed by atoms with Gasteiger partial charge >= 0.3 is 5.97 Å². The van der Waals surface area contributed by atoms with E-state index in [9.17, 15) is 4.79 Å². The van der Waals surface area contributed by atoms with Crippen LogP contribution in [0.5, 0.6) is 0 Å². The number of anilines is 3. The Bertz CT molecular complexity index is 934. The zero-order valence-corrected chi connectivity index (χ0v) is 15.5. The molecule has 132 valence electrons. The fraction of sp³-hybridized carbons (Fsp3) is 0.111. The van der Waals surface area contributed by atoms with E-state index in [0.29, 0.717) is 11.5 Å². The normalized spacial score (nSPS) is 10.4. The van der Waals surface area contributed by atoms with Crippen LogP contribution in [0.15, 0.2) is 53.3 Å². The summed E-state index contributed by atoms with van der Waals surface area (Å²) in [7, 11) is 0. The van der Waals surface area contributed by atoms with Crippen LogP contribution in [0.2, 0.25) is 0 Å². The van der Waals surface area contributed by atoms with E-state index in [1.165, 1.54) is 0 Å². The Hall–Kier alpha value is -3.00. The topological polar surface area (TPSA) is 100 Å². The summed E-state index contributed by atoms with van der Waals surface area (Å²) >= 11 is 3.53. The van der Waals surface area contributed by atoms with Gasteiger partial charge < -0.3 is 15.7 Å². The first-order valence-electron chi connectivity index (χ1n) is 7.79. The highest BCUT2D eigenvalue weighted by atomic mass is 79.9. The second kappa shape index (κ2) is 7.92. The average molecular weight is 414 g/mol. The second-order valence-corrected chi connectivity index (χ2v) is 6.41. The Labute approximate surface area is 158 Å². The molecule has 0 aliphatic heterocycles. The first kappa shape index (κ1) is 17.8. The monoisotopic (exact) mass is 413 g/mol. The minimum atomic E-state index is -0.987. The van der Waals surface area contributed by atoms with Crippen molar-refractivity contribution < 1.29 is 9.90 Å². The molecule has 0 saturated carbocycles. The van der Waals surface area contributed by atoms with Gasteiger partial charge in [0.2, 0.25) is 5.95 Å². The number of aromatic nitrogens is 3. The lowest BCUT2D eigenvalue weighted by Gasteiger charge is -2.12. The molecular weight excluding hydrogens is 398 g/mol. The van der Waals surface area contributed by atoms with Crippen LogP contribution < -0.4 is 10.6 Å². The van der Waals surface area contributed by atoms with Crippen molar-refractivity contribution in [3.05, 3.63) is 58.8 Å². The molecule has 0 amide bonds. The van der Waals surface area contributed by atoms with Crippen LogP contribution >= 0.6 is 15.9 Å². The molecule has 7 nitrogen and oxygen atoms in total. The van der Waals surface area contributed by atoms with Crippen LogP contribution in [-0.2, 0) is 4.79 Å². The third-order valence-corrected chi connectivity index (χ3v) is 4.14. The Morgan fingerprint density at radius 1 is 1.15 bits per heavy atom. The van der Waals surface area contributed by atoms with Crippen molar-refractivity contribution in [1.82, 2.24) is 15.0 Å². The van der Waals surface area contributed by atoms with E-state index >= 15 is 0 Å². The predicted molar refractivity (Wildman–Crippen MR) is 104 cm³/mol. The number of aryl methyl sites for hydroxylation is 1. The van der Waals surface area contributed by atoms with Crippen LogP contribution in [0.3, 0.4) is 0 Å². The number of carbonyl (C=O) groups is 1. The minimum absolute atomic E-state index is 0.229. The Morgan fingerprint density at radius 2 is 1.92 bits per heavy atom. The summed E-state index contributed by atoms with van der Waals surface area (Å²) in [5.41, 5.74) is 3.48. The van der Waals surface area contributed by atoms with Crippen LogP contribution in [0, 0.1) is 6.92 Å². The minimum Gasteiger partial charge on any atom is -0.480 e. The van der Waals surface area contributed by atoms with Crippen LogP contribution in [0.1, 0.15) is 5.56 Å². The summed E-state index contributed by atoms with van der Waals surface area (Å²) in [4.78, 5) is 23.6. The Balaban J connectivity index is 1.97. The molecule has 2 aromatic heterocycles. The molecule has 0 aliphatic rings. The molecule has 0 saturated heterocycles. The molecule has 3 aromatic rings. The SMILES string of the molecule is Cc1ccc(Nc2cc(-c3ccncc3)nc(NCC(=O)O)n2)c(Br)c1. The van der Waals surface area contributed by atoms with Crippen molar-refractivity contribution >= 4 is 39.4 Å². The standard InChI is InChI=1S/C18H16BrN5O2/c1-11-2-3-14(13(19)8-11)22-16-9-15(12-4-6-20-7-5-12)23-18(24-16)21-10-17(25)26/h2-9H,10H2,1H3,(H,25,26)(H2,21,22,23,24). The summed E-state index contributed by atoms with van der Waals surface area (Å²) in [6.07, 6.45) is 3.34. The number of hydrogen-bond donors (Lipinski definition) is 3. The van der Waals surface area contributed by atoms with Crippen molar-refractivity contribution in [2.45, 2.75) is 6.92 Å². The molecule has 0 bridgehead atoms. The number of carboxylic acids is 1. The molecule has 0 radical (unpaired) electrons. The van der Waals surface area contributed by atoms with Gasteiger partial charge in [-0.1, -0.05) is 6.07 Å². The van der Waals surface area contributed by atoms with Gasteiger partial charge in [-0.05, 0) is 52.7 Å². The largest absolute Gasteiger partial charge is 0.480 e. The number of hydrogen-bond acceptors (Lipinski definition) is 6. The van der Waals surface area contributed by atoms with Gasteiger partial charge in [-0.2, -0.15) is 4.98 Å². The number of rotatable bonds is 6. The molecule has 1 aromatic carbocycles. The summed E-state index contributed by atoms with van der Waals surface area (Å²) in [5, 5.41) is 14.8. The van der Waals surface area contributed by atoms with Crippen LogP contribution in [-0.4, -0.2) is 32.6 Å². The number of halogens is 1. The van der Waals surface area contributed by atoms with Crippen molar-refractivity contribution in [2.75, 3.05) is 17.2 Å². The summed E-state index contributed by atoms with van der Waals surface area (Å²) < 4.78 is 0.904. The molecule has 2 heterocycles. The highest BCUT2D eigenvalue weighted by Gasteiger charge is 2.09. The maximum Gasteiger partial charge on any atom is 0.322 e. The van der Waals surface area contributed by atoms with Crippen LogP contribution in [0.25, 0.3) is 11.3 Å². The zero-order chi connectivity index (χ0) is 18.5. The molecule has 0 fully saturated rings. The fourth-order valence-electron chi connectivity index (χ4n) is 2.28. The molecule has 3 rings (SSSR count). The van der Waals surface area contributed by atoms with Crippen molar-refractivity contribution in [3.8, 4) is 11.3 Å². The molecule has 0 unspecified atom stereocenters. The van der Waals surface area contributed by atoms with E-state index < -0.39 is 5.97 Å². The highest BCUT2D eigenvalue weighted by Crippen LogP contribution is 2.28. The van der Waals surface area contributed by atoms with Crippen molar-refractivity contribution in [3.63, 3.8) is 0 Å². The first-order chi connectivity index (χ1) is 12.5. The van der Waals surface area contributed by atoms with Crippen molar-refractivity contribution in [2.24, 2.45) is 0 Å². The van der Waals surface area contributed by atoms with Gasteiger partial charge in [-0.25, -0.2) is 4.98 Å². The zero-order valence-electron chi connectivity index (χ0n) is 13.9. The molecule has 8 heteroatoms. The van der Waals surface area contributed by atoms with Gasteiger partial charge in [-0.3, -0.25) is 9.78 Å². The van der Waals surface area contributed by atoms with E-state index in [2.05, 4.69) is 41.5 Å². The maximum atomic E-state index is 10.8. The third kappa shape index (κ3) is 4.54. The molecule has 3 N–H and O–H groups in total. The number of nitrogens with one attached hydrogen (secondary N) is 2. The quantitative estimate of drug-likeness (QED) is 0.563. The molecular formula is C18H16BrN5O2. The van der Waals surface area contributed by atoms with E-state index in [-0.39, 0.29) is 12.5 Å². The van der Waals surface area contributed by atoms with E-state index in [0.717, 1.165) is 21.3 Å². The number of benzene rings is 1. The number of nitrogens with zero attached hydrogens (tertiary/aromatic N) is 3. The van der Waals surface area contributed by atoms with Gasteiger partial charge in [0.15, 0.2) is 0 Å². The van der Waals surface area contributed by atoms with E-state index in [4.69, 9.17) is 5.11 Å². The first-order valence-corrected chi connectivity index (χ1v) is 8.59. The predicted octanol–water partition coefficient (Wildman–Crippen LogP) is 3.85. The van der Waals surface area contributed by atoms with E-state index in [1.807, 2.05) is 37.3 Å². The van der Waals surface area contributed by atoms with Gasteiger partial charge in [0, 0.05) is 28.5 Å². The fourth-order valence-corrected chi connectivity index (χ4v) is 2.87. The highest BCUT2D eigenvalue weighted by molar-refractivity contribution is 9.10. The van der Waals surface area contributed by atoms with Gasteiger partial charge in [-0.15, -0.1) is 0 Å². The van der Waals surface area contributed by atoms with E-state index in [1.54, 1.807) is 18.5 Å². The van der Waals surface area contributed by atoms with Gasteiger partial charge in [0.1, 0.15) is 12.4 Å². The molecule has 0 aliphatic carbocycles. The number of aliphatic carboxylic acids is 1. The molecule has 0 atom stereocenters. The molecule has 26 heavy (non-hydrogen) atoms. The number of carboxylic acid groups (broad SMARTS) is 1. The second-order valence-electron chi connectivity index (χ2n) is 5.55. The Morgan fingerprint density at radius 3 is 2.62 bits per heavy atom. The maximum absolute atomic E-state index is 10.8. The lowest BCUT2D eigenvalue weighted by Crippen LogP contribution is -2.15. The number of pyridine rings is 1. The van der Waals surface area contributed by atoms with Gasteiger partial charge in [0.05, 0.1) is 11.4 Å². The summed E-state index contributed by atoms with van der Waals surface area (Å²) in [5.74, 6) is -0.213. The smallest absolute Gasteiger partial charge is 0.322 e. The average Bonchev–Trinajstić information content (AvgIpc) is 2.63. The van der Waals surface area contributed by atoms with Crippen LogP contribution in [0.4, 0.5) is 17.5 Å². The summed E-state index contributed by atoms with van der Waals surface area (Å²) in [6, 6.07) is 11.4. The van der Waals surface area contributed by atoms with Gasteiger partial charge in [0.25, 0.3) is 0 Å². The lowest BCUT2D eigenvalue weighted by molar-refractivity contribution is -0.134.